The molecule has 9 heteroatoms. The number of nitrogens with zero attached hydrogens (tertiary/aromatic N) is 2. The molecule has 0 unspecified atom stereocenters. The van der Waals surface area contributed by atoms with Crippen molar-refractivity contribution in [3.05, 3.63) is 48.4 Å². The van der Waals surface area contributed by atoms with Gasteiger partial charge in [-0.25, -0.2) is 19.6 Å². The third-order valence-electron chi connectivity index (χ3n) is 3.09. The number of aromatic nitrogens is 3. The topological polar surface area (TPSA) is 151 Å². The van der Waals surface area contributed by atoms with Crippen LogP contribution >= 0.6 is 0 Å². The van der Waals surface area contributed by atoms with E-state index in [1.165, 1.54) is 5.56 Å². The summed E-state index contributed by atoms with van der Waals surface area (Å²) < 4.78 is 5.62. The van der Waals surface area contributed by atoms with Gasteiger partial charge in [-0.15, -0.1) is 0 Å². The summed E-state index contributed by atoms with van der Waals surface area (Å²) in [5.41, 5.74) is 7.87. The van der Waals surface area contributed by atoms with Crippen LogP contribution in [0, 0.1) is 0 Å². The van der Waals surface area contributed by atoms with Crippen LogP contribution in [-0.4, -0.2) is 43.6 Å². The molecule has 1 aromatic carbocycles. The molecule has 3 rings (SSSR count). The number of aromatic amines is 1. The zero-order chi connectivity index (χ0) is 18.2. The van der Waals surface area contributed by atoms with Crippen molar-refractivity contribution in [2.45, 2.75) is 6.42 Å². The number of carbonyl (C=O) groups is 2. The largest absolute Gasteiger partial charge is 0.473 e. The monoisotopic (exact) mass is 344 g/mol. The Labute approximate surface area is 142 Å². The minimum atomic E-state index is -1.82. The Hall–Kier alpha value is -3.46. The lowest BCUT2D eigenvalue weighted by Gasteiger charge is -2.04. The molecule has 5 N–H and O–H groups in total. The number of carboxylic acids is 2. The lowest BCUT2D eigenvalue weighted by Crippen LogP contribution is -2.09. The third-order valence-corrected chi connectivity index (χ3v) is 3.09. The fraction of sp³-hybridized carbons (Fsp3) is 0.125. The van der Waals surface area contributed by atoms with Crippen molar-refractivity contribution in [3.63, 3.8) is 0 Å². The zero-order valence-electron chi connectivity index (χ0n) is 13.0. The number of ether oxygens (including phenoxy) is 1. The second-order valence-electron chi connectivity index (χ2n) is 4.80. The van der Waals surface area contributed by atoms with Gasteiger partial charge in [0.15, 0.2) is 0 Å². The maximum absolute atomic E-state index is 9.10. The van der Waals surface area contributed by atoms with Crippen LogP contribution in [0.15, 0.2) is 42.9 Å². The van der Waals surface area contributed by atoms with E-state index in [4.69, 9.17) is 30.3 Å². The van der Waals surface area contributed by atoms with E-state index in [0.717, 1.165) is 23.1 Å². The molecule has 0 aliphatic rings. The van der Waals surface area contributed by atoms with Gasteiger partial charge in [-0.2, -0.15) is 0 Å². The summed E-state index contributed by atoms with van der Waals surface area (Å²) in [7, 11) is 0. The van der Waals surface area contributed by atoms with Gasteiger partial charge in [0, 0.05) is 29.5 Å². The molecule has 0 atom stereocenters. The smallest absolute Gasteiger partial charge is 0.414 e. The van der Waals surface area contributed by atoms with Gasteiger partial charge in [0.05, 0.1) is 0 Å². The summed E-state index contributed by atoms with van der Waals surface area (Å²) in [5, 5.41) is 15.9. The van der Waals surface area contributed by atoms with Crippen LogP contribution in [-0.2, 0) is 16.0 Å². The van der Waals surface area contributed by atoms with E-state index in [0.29, 0.717) is 12.6 Å². The summed E-state index contributed by atoms with van der Waals surface area (Å²) >= 11 is 0. The molecule has 3 aromatic rings. The van der Waals surface area contributed by atoms with Gasteiger partial charge in [0.25, 0.3) is 0 Å². The number of nitrogens with one attached hydrogen (secondary N) is 1. The minimum absolute atomic E-state index is 0.345. The molecule has 0 radical (unpaired) electrons. The first-order valence-electron chi connectivity index (χ1n) is 7.22. The third kappa shape index (κ3) is 5.01. The van der Waals surface area contributed by atoms with Gasteiger partial charge in [-0.1, -0.05) is 0 Å². The highest BCUT2D eigenvalue weighted by molar-refractivity contribution is 6.27. The van der Waals surface area contributed by atoms with Gasteiger partial charge in [-0.05, 0) is 42.8 Å². The molecule has 130 valence electrons. The number of carboxylic acid groups (broad SMARTS) is 2. The number of aliphatic carboxylic acids is 2. The minimum Gasteiger partial charge on any atom is -0.473 e. The zero-order valence-corrected chi connectivity index (χ0v) is 13.0. The van der Waals surface area contributed by atoms with Crippen LogP contribution < -0.4 is 10.5 Å². The fourth-order valence-corrected chi connectivity index (χ4v) is 2.03. The number of nitrogens with two attached hydrogens (primary N) is 1. The van der Waals surface area contributed by atoms with Crippen LogP contribution in [0.1, 0.15) is 5.56 Å². The van der Waals surface area contributed by atoms with Crippen molar-refractivity contribution >= 4 is 22.8 Å². The highest BCUT2D eigenvalue weighted by Crippen LogP contribution is 2.26. The van der Waals surface area contributed by atoms with Gasteiger partial charge in [0.1, 0.15) is 5.75 Å². The number of fused-ring (bicyclic) bond motifs is 1. The molecule has 0 fully saturated rings. The van der Waals surface area contributed by atoms with Gasteiger partial charge in [0.2, 0.25) is 0 Å². The summed E-state index contributed by atoms with van der Waals surface area (Å²) in [6, 6.07) is 7.95. The summed E-state index contributed by atoms with van der Waals surface area (Å²) in [4.78, 5) is 29.5. The van der Waals surface area contributed by atoms with Crippen molar-refractivity contribution in [1.82, 2.24) is 15.0 Å². The van der Waals surface area contributed by atoms with Gasteiger partial charge >= 0.3 is 17.9 Å². The Bertz CT molecular complexity index is 851. The standard InChI is InChI=1S/C14H14N4O.C2H2O4/c15-5-4-10-9-18-13-3-2-11(8-12(10)13)19-14-16-6-1-7-17-14;3-1(4)2(5)6/h1-3,6-9,18H,4-5,15H2;(H,3,4)(H,5,6). The Balaban J connectivity index is 0.000000326. The van der Waals surface area contributed by atoms with E-state index < -0.39 is 11.9 Å². The second kappa shape index (κ2) is 8.41. The first-order valence-corrected chi connectivity index (χ1v) is 7.22. The van der Waals surface area contributed by atoms with E-state index in [2.05, 4.69) is 15.0 Å². The van der Waals surface area contributed by atoms with Gasteiger partial charge < -0.3 is 25.7 Å². The maximum Gasteiger partial charge on any atom is 0.414 e. The highest BCUT2D eigenvalue weighted by Gasteiger charge is 2.06. The van der Waals surface area contributed by atoms with Crippen LogP contribution in [0.5, 0.6) is 11.8 Å². The molecular weight excluding hydrogens is 328 g/mol. The van der Waals surface area contributed by atoms with E-state index in [1.807, 2.05) is 24.4 Å². The molecule has 0 aliphatic heterocycles. The van der Waals surface area contributed by atoms with Crippen molar-refractivity contribution in [2.75, 3.05) is 6.54 Å². The molecule has 2 heterocycles. The summed E-state index contributed by atoms with van der Waals surface area (Å²) in [6.45, 7) is 0.625. The lowest BCUT2D eigenvalue weighted by atomic mass is 10.1. The van der Waals surface area contributed by atoms with E-state index >= 15 is 0 Å². The number of hydrogen-bond donors (Lipinski definition) is 4. The average molecular weight is 344 g/mol. The number of H-pyrrole nitrogens is 1. The second-order valence-corrected chi connectivity index (χ2v) is 4.80. The van der Waals surface area contributed by atoms with Crippen LogP contribution in [0.25, 0.3) is 10.9 Å². The molecule has 0 aliphatic carbocycles. The van der Waals surface area contributed by atoms with E-state index in [-0.39, 0.29) is 0 Å². The quantitative estimate of drug-likeness (QED) is 0.518. The molecular formula is C16H16N4O5. The van der Waals surface area contributed by atoms with Crippen LogP contribution in [0.4, 0.5) is 0 Å². The van der Waals surface area contributed by atoms with Crippen molar-refractivity contribution < 1.29 is 24.5 Å². The van der Waals surface area contributed by atoms with Crippen molar-refractivity contribution in [1.29, 1.82) is 0 Å². The normalized spacial score (nSPS) is 9.96. The van der Waals surface area contributed by atoms with E-state index in [1.54, 1.807) is 18.5 Å². The molecule has 0 bridgehead atoms. The first kappa shape index (κ1) is 17.9. The fourth-order valence-electron chi connectivity index (χ4n) is 2.03. The molecule has 0 spiro atoms. The molecule has 0 saturated heterocycles. The number of benzene rings is 1. The molecule has 2 aromatic heterocycles. The molecule has 0 saturated carbocycles. The Morgan fingerprint density at radius 3 is 2.44 bits per heavy atom. The highest BCUT2D eigenvalue weighted by atomic mass is 16.5. The maximum atomic E-state index is 9.10. The van der Waals surface area contributed by atoms with Gasteiger partial charge in [-0.3, -0.25) is 0 Å². The van der Waals surface area contributed by atoms with E-state index in [9.17, 15) is 0 Å². The number of rotatable bonds is 4. The SMILES string of the molecule is NCCc1c[nH]c2ccc(Oc3ncccn3)cc12.O=C(O)C(=O)O. The van der Waals surface area contributed by atoms with Crippen LogP contribution in [0.2, 0.25) is 0 Å². The Kier molecular flexibility index (Phi) is 6.02. The lowest BCUT2D eigenvalue weighted by molar-refractivity contribution is -0.159. The molecule has 0 amide bonds. The predicted octanol–water partition coefficient (Wildman–Crippen LogP) is 1.41. The summed E-state index contributed by atoms with van der Waals surface area (Å²) in [5.74, 6) is -2.93. The first-order chi connectivity index (χ1) is 12.0. The molecule has 9 nitrogen and oxygen atoms in total. The van der Waals surface area contributed by atoms with Crippen molar-refractivity contribution in [2.24, 2.45) is 5.73 Å². The van der Waals surface area contributed by atoms with Crippen molar-refractivity contribution in [3.8, 4) is 11.8 Å². The molecule has 25 heavy (non-hydrogen) atoms. The number of hydrogen-bond acceptors (Lipinski definition) is 6. The summed E-state index contributed by atoms with van der Waals surface area (Å²) in [6.07, 6.45) is 6.12. The predicted molar refractivity (Wildman–Crippen MR) is 88.4 cm³/mol. The Morgan fingerprint density at radius 1 is 1.16 bits per heavy atom. The Morgan fingerprint density at radius 2 is 1.84 bits per heavy atom. The average Bonchev–Trinajstić information content (AvgIpc) is 2.99. The van der Waals surface area contributed by atoms with Crippen LogP contribution in [0.3, 0.4) is 0 Å².